The van der Waals surface area contributed by atoms with E-state index in [2.05, 4.69) is 15.5 Å². The van der Waals surface area contributed by atoms with Crippen LogP contribution in [-0.4, -0.2) is 37.3 Å². The van der Waals surface area contributed by atoms with Crippen LogP contribution in [0.3, 0.4) is 0 Å². The molecule has 1 fully saturated rings. The molecular weight excluding hydrogens is 192 g/mol. The maximum absolute atomic E-state index is 5.20. The van der Waals surface area contributed by atoms with Gasteiger partial charge in [0.25, 0.3) is 5.95 Å². The molecular formula is C10H18N4O. The Morgan fingerprint density at radius 3 is 3.00 bits per heavy atom. The number of nitrogens with zero attached hydrogens (tertiary/aromatic N) is 3. The summed E-state index contributed by atoms with van der Waals surface area (Å²) < 4.78 is 5.20. The Bertz CT molecular complexity index is 304. The first kappa shape index (κ1) is 10.4. The molecule has 1 aliphatic heterocycles. The number of rotatable bonds is 3. The monoisotopic (exact) mass is 210 g/mol. The lowest BCUT2D eigenvalue weighted by Crippen LogP contribution is -2.30. The van der Waals surface area contributed by atoms with Gasteiger partial charge in [0.15, 0.2) is 0 Å². The summed E-state index contributed by atoms with van der Waals surface area (Å²) in [5.41, 5.74) is 0. The van der Waals surface area contributed by atoms with Gasteiger partial charge >= 0.3 is 0 Å². The lowest BCUT2D eigenvalue weighted by molar-refractivity contribution is 0.316. The summed E-state index contributed by atoms with van der Waals surface area (Å²) in [6.07, 6.45) is 3.40. The highest BCUT2D eigenvalue weighted by atomic mass is 16.5. The van der Waals surface area contributed by atoms with Crippen LogP contribution < -0.4 is 10.2 Å². The second-order valence-electron chi connectivity index (χ2n) is 4.30. The molecule has 1 atom stereocenters. The van der Waals surface area contributed by atoms with E-state index >= 15 is 0 Å². The zero-order chi connectivity index (χ0) is 10.7. The molecule has 2 rings (SSSR count). The Morgan fingerprint density at radius 1 is 1.53 bits per heavy atom. The van der Waals surface area contributed by atoms with Gasteiger partial charge in [-0.2, -0.15) is 4.98 Å². The second kappa shape index (κ2) is 4.61. The van der Waals surface area contributed by atoms with Crippen molar-refractivity contribution in [3.8, 4) is 0 Å². The smallest absolute Gasteiger partial charge is 0.265 e. The molecule has 0 aromatic carbocycles. The van der Waals surface area contributed by atoms with Crippen molar-refractivity contribution < 1.29 is 4.52 Å². The molecule has 84 valence electrons. The molecule has 0 saturated carbocycles. The van der Waals surface area contributed by atoms with Gasteiger partial charge in [-0.3, -0.25) is 0 Å². The zero-order valence-corrected chi connectivity index (χ0v) is 9.36. The van der Waals surface area contributed by atoms with E-state index in [1.807, 2.05) is 19.0 Å². The van der Waals surface area contributed by atoms with Crippen LogP contribution in [0.1, 0.15) is 18.7 Å². The topological polar surface area (TPSA) is 54.2 Å². The highest BCUT2D eigenvalue weighted by Crippen LogP contribution is 2.16. The van der Waals surface area contributed by atoms with Gasteiger partial charge in [0.2, 0.25) is 5.89 Å². The van der Waals surface area contributed by atoms with Crippen molar-refractivity contribution in [1.29, 1.82) is 0 Å². The minimum Gasteiger partial charge on any atom is -0.344 e. The molecule has 1 aromatic heterocycles. The fourth-order valence-corrected chi connectivity index (χ4v) is 1.86. The Labute approximate surface area is 89.8 Å². The van der Waals surface area contributed by atoms with Crippen LogP contribution in [0.25, 0.3) is 0 Å². The fraction of sp³-hybridized carbons (Fsp3) is 0.800. The van der Waals surface area contributed by atoms with Gasteiger partial charge in [-0.1, -0.05) is 0 Å². The maximum atomic E-state index is 5.20. The van der Waals surface area contributed by atoms with Crippen LogP contribution in [-0.2, 0) is 6.42 Å². The molecule has 0 spiro atoms. The summed E-state index contributed by atoms with van der Waals surface area (Å²) >= 11 is 0. The molecule has 15 heavy (non-hydrogen) atoms. The summed E-state index contributed by atoms with van der Waals surface area (Å²) in [6, 6.07) is 0. The molecule has 2 heterocycles. The van der Waals surface area contributed by atoms with Gasteiger partial charge in [-0.05, 0) is 37.0 Å². The van der Waals surface area contributed by atoms with Gasteiger partial charge in [0.05, 0.1) is 0 Å². The van der Waals surface area contributed by atoms with Crippen molar-refractivity contribution in [1.82, 2.24) is 15.5 Å². The second-order valence-corrected chi connectivity index (χ2v) is 4.30. The number of aromatic nitrogens is 2. The summed E-state index contributed by atoms with van der Waals surface area (Å²) in [5, 5.41) is 7.28. The van der Waals surface area contributed by atoms with Gasteiger partial charge < -0.3 is 14.7 Å². The SMILES string of the molecule is CN(C)c1noc(CC2CCCNC2)n1. The van der Waals surface area contributed by atoms with Crippen molar-refractivity contribution in [3.05, 3.63) is 5.89 Å². The molecule has 0 aliphatic carbocycles. The average molecular weight is 210 g/mol. The maximum Gasteiger partial charge on any atom is 0.265 e. The molecule has 5 nitrogen and oxygen atoms in total. The Hall–Kier alpha value is -1.10. The molecule has 1 unspecified atom stereocenters. The minimum absolute atomic E-state index is 0.647. The molecule has 0 radical (unpaired) electrons. The third kappa shape index (κ3) is 2.68. The van der Waals surface area contributed by atoms with Crippen LogP contribution in [0.5, 0.6) is 0 Å². The number of hydrogen-bond donors (Lipinski definition) is 1. The minimum atomic E-state index is 0.647. The number of nitrogens with one attached hydrogen (secondary N) is 1. The molecule has 1 N–H and O–H groups in total. The molecule has 1 saturated heterocycles. The zero-order valence-electron chi connectivity index (χ0n) is 9.36. The van der Waals surface area contributed by atoms with E-state index < -0.39 is 0 Å². The molecule has 0 bridgehead atoms. The third-order valence-corrected chi connectivity index (χ3v) is 2.72. The first-order chi connectivity index (χ1) is 7.25. The van der Waals surface area contributed by atoms with Crippen LogP contribution in [0, 0.1) is 5.92 Å². The number of anilines is 1. The van der Waals surface area contributed by atoms with Crippen LogP contribution in [0.2, 0.25) is 0 Å². The summed E-state index contributed by atoms with van der Waals surface area (Å²) in [5.74, 6) is 2.07. The third-order valence-electron chi connectivity index (χ3n) is 2.72. The van der Waals surface area contributed by atoms with Crippen molar-refractivity contribution in [3.63, 3.8) is 0 Å². The van der Waals surface area contributed by atoms with E-state index in [0.717, 1.165) is 25.4 Å². The van der Waals surface area contributed by atoms with E-state index in [0.29, 0.717) is 11.9 Å². The summed E-state index contributed by atoms with van der Waals surface area (Å²) in [4.78, 5) is 6.18. The van der Waals surface area contributed by atoms with Gasteiger partial charge in [0, 0.05) is 20.5 Å². The highest BCUT2D eigenvalue weighted by Gasteiger charge is 2.17. The van der Waals surface area contributed by atoms with Gasteiger partial charge in [-0.25, -0.2) is 0 Å². The summed E-state index contributed by atoms with van der Waals surface area (Å²) in [6.45, 7) is 2.21. The lowest BCUT2D eigenvalue weighted by Gasteiger charge is -2.20. The van der Waals surface area contributed by atoms with E-state index in [4.69, 9.17) is 4.52 Å². The molecule has 5 heteroatoms. The van der Waals surface area contributed by atoms with Crippen LogP contribution in [0.15, 0.2) is 4.52 Å². The number of hydrogen-bond acceptors (Lipinski definition) is 5. The summed E-state index contributed by atoms with van der Waals surface area (Å²) in [7, 11) is 3.83. The Morgan fingerprint density at radius 2 is 2.40 bits per heavy atom. The quantitative estimate of drug-likeness (QED) is 0.795. The first-order valence-electron chi connectivity index (χ1n) is 5.46. The molecule has 1 aromatic rings. The van der Waals surface area contributed by atoms with Crippen molar-refractivity contribution in [2.45, 2.75) is 19.3 Å². The molecule has 0 amide bonds. The fourth-order valence-electron chi connectivity index (χ4n) is 1.86. The highest BCUT2D eigenvalue weighted by molar-refractivity contribution is 5.23. The molecule has 1 aliphatic rings. The van der Waals surface area contributed by atoms with E-state index in [1.54, 1.807) is 0 Å². The van der Waals surface area contributed by atoms with E-state index in [9.17, 15) is 0 Å². The lowest BCUT2D eigenvalue weighted by atomic mass is 9.96. The average Bonchev–Trinajstić information content (AvgIpc) is 2.68. The first-order valence-corrected chi connectivity index (χ1v) is 5.46. The predicted molar refractivity (Wildman–Crippen MR) is 57.9 cm³/mol. The van der Waals surface area contributed by atoms with E-state index in [-0.39, 0.29) is 0 Å². The number of piperidine rings is 1. The van der Waals surface area contributed by atoms with Gasteiger partial charge in [0.1, 0.15) is 0 Å². The van der Waals surface area contributed by atoms with Crippen molar-refractivity contribution >= 4 is 5.95 Å². The Kier molecular flexibility index (Phi) is 3.20. The van der Waals surface area contributed by atoms with E-state index in [1.165, 1.54) is 12.8 Å². The van der Waals surface area contributed by atoms with Crippen LogP contribution >= 0.6 is 0 Å². The van der Waals surface area contributed by atoms with Gasteiger partial charge in [-0.15, -0.1) is 0 Å². The largest absolute Gasteiger partial charge is 0.344 e. The standard InChI is InChI=1S/C10H18N4O/c1-14(2)10-12-9(15-13-10)6-8-4-3-5-11-7-8/h8,11H,3-7H2,1-2H3. The Balaban J connectivity index is 1.91. The predicted octanol–water partition coefficient (Wildman–Crippen LogP) is 0.678. The normalized spacial score (nSPS) is 21.6. The van der Waals surface area contributed by atoms with Crippen molar-refractivity contribution in [2.75, 3.05) is 32.1 Å². The van der Waals surface area contributed by atoms with Crippen LogP contribution in [0.4, 0.5) is 5.95 Å². The van der Waals surface area contributed by atoms with Crippen molar-refractivity contribution in [2.24, 2.45) is 5.92 Å².